The van der Waals surface area contributed by atoms with Crippen molar-refractivity contribution in [3.63, 3.8) is 0 Å². The lowest BCUT2D eigenvalue weighted by Gasteiger charge is -2.30. The molecule has 0 amide bonds. The fourth-order valence-electron chi connectivity index (χ4n) is 16.3. The van der Waals surface area contributed by atoms with Crippen LogP contribution in [0.4, 0.5) is 34.1 Å². The smallest absolute Gasteiger partial charge is 0.0634 e. The van der Waals surface area contributed by atoms with Gasteiger partial charge in [0.1, 0.15) is 0 Å². The Balaban J connectivity index is 0.940. The molecule has 4 nitrogen and oxygen atoms in total. The first-order valence-electron chi connectivity index (χ1n) is 34.1. The summed E-state index contributed by atoms with van der Waals surface area (Å²) in [5.41, 5.74) is 32.9. The second-order valence-electron chi connectivity index (χ2n) is 26.5. The van der Waals surface area contributed by atoms with Crippen molar-refractivity contribution in [2.45, 2.75) is 27.7 Å². The van der Waals surface area contributed by atoms with Gasteiger partial charge in [-0.15, -0.1) is 0 Å². The minimum absolute atomic E-state index is 1.13. The van der Waals surface area contributed by atoms with Crippen molar-refractivity contribution in [3.05, 3.63) is 350 Å². The Bertz CT molecular complexity index is 5740. The molecule has 0 aliphatic rings. The number of hydrogen-bond acceptors (Lipinski definition) is 2. The van der Waals surface area contributed by atoms with Crippen molar-refractivity contribution in [2.75, 3.05) is 9.80 Å². The number of fused-ring (bicyclic) bond motifs is 12. The fraction of sp³-hybridized carbons (Fsp3) is 0.0426. The van der Waals surface area contributed by atoms with Gasteiger partial charge >= 0.3 is 0 Å². The molecule has 0 bridgehead atoms. The molecule has 462 valence electrons. The van der Waals surface area contributed by atoms with E-state index in [9.17, 15) is 0 Å². The van der Waals surface area contributed by atoms with Gasteiger partial charge in [0, 0.05) is 77.0 Å². The molecule has 4 aromatic heterocycles. The average molecular weight is 1250 g/mol. The van der Waals surface area contributed by atoms with Gasteiger partial charge in [0.25, 0.3) is 0 Å². The molecule has 98 heavy (non-hydrogen) atoms. The average Bonchev–Trinajstić information content (AvgIpc) is 1.50. The van der Waals surface area contributed by atoms with Crippen LogP contribution >= 0.6 is 0 Å². The maximum absolute atomic E-state index is 2.66. The molecule has 19 rings (SSSR count). The van der Waals surface area contributed by atoms with E-state index in [4.69, 9.17) is 0 Å². The van der Waals surface area contributed by atoms with Crippen LogP contribution in [0.2, 0.25) is 0 Å². The summed E-state index contributed by atoms with van der Waals surface area (Å²) < 4.78 is 5.32. The van der Waals surface area contributed by atoms with Crippen molar-refractivity contribution >= 4 is 110 Å². The lowest BCUT2D eigenvalue weighted by atomic mass is 9.89. The molecule has 0 fully saturated rings. The SMILES string of the molecule is Cc1ccc(-c2ccccc2)cc1N(c1cc(-c2ccccc2)ccc1C)c1cccc2c1c1cccc3c4c(-c5ccccc5)c5c(c(-c6ccccc6)c4n2c13)c1cccc2c3c(N(c4cc(-c6ccccc6)ccc4C)c4cc(-c6ccccc6)ccc4C)cccc3n5c21. The molecule has 15 aromatic carbocycles. The fourth-order valence-corrected chi connectivity index (χ4v) is 16.3. The number of anilines is 6. The van der Waals surface area contributed by atoms with Crippen molar-refractivity contribution in [1.29, 1.82) is 0 Å². The first-order valence-corrected chi connectivity index (χ1v) is 34.1. The maximum Gasteiger partial charge on any atom is 0.0634 e. The molecular formula is C94H66N4. The maximum atomic E-state index is 2.66. The molecule has 4 heteroatoms. The van der Waals surface area contributed by atoms with E-state index in [1.165, 1.54) is 154 Å². The highest BCUT2D eigenvalue weighted by molar-refractivity contribution is 6.39. The highest BCUT2D eigenvalue weighted by Gasteiger charge is 2.33. The number of nitrogens with zero attached hydrogens (tertiary/aromatic N) is 4. The van der Waals surface area contributed by atoms with E-state index >= 15 is 0 Å². The summed E-state index contributed by atoms with van der Waals surface area (Å²) in [6, 6.07) is 122. The third kappa shape index (κ3) is 8.71. The van der Waals surface area contributed by atoms with Crippen LogP contribution in [0.25, 0.3) is 143 Å². The monoisotopic (exact) mass is 1250 g/mol. The zero-order valence-electron chi connectivity index (χ0n) is 55.0. The Hall–Kier alpha value is -12.5. The minimum atomic E-state index is 1.13. The van der Waals surface area contributed by atoms with Crippen LogP contribution in [-0.4, -0.2) is 8.80 Å². The normalized spacial score (nSPS) is 11.9. The largest absolute Gasteiger partial charge is 0.309 e. The summed E-state index contributed by atoms with van der Waals surface area (Å²) in [7, 11) is 0. The number of aromatic nitrogens is 2. The molecule has 0 N–H and O–H groups in total. The standard InChI is InChI=1S/C94H66N4/c1-59-47-51-69(63-27-11-5-12-28-63)55-81(59)95(82-56-70(52-48-60(82)2)64-29-13-6-14-30-64)77-43-25-45-79-87(77)73-39-23-41-75-89-86(68-37-21-10-22-38-68)94-90(85(67-35-19-9-20-36-67)93(89)97(79)91(73)75)76-42-24-40-74-88-78(44-26-46-80(88)98(94)92(74)76)96(83-57-71(53-49-61(83)3)65-31-15-7-16-32-65)84-58-72(54-50-62(84)4)66-33-17-8-18-34-66/h5-58H,1-4H3. The van der Waals surface area contributed by atoms with Crippen molar-refractivity contribution < 1.29 is 0 Å². The van der Waals surface area contributed by atoms with Gasteiger partial charge in [-0.1, -0.05) is 279 Å². The molecule has 0 spiro atoms. The first-order chi connectivity index (χ1) is 48.3. The Labute approximate surface area is 569 Å². The quantitative estimate of drug-likeness (QED) is 0.121. The van der Waals surface area contributed by atoms with Crippen molar-refractivity contribution in [2.24, 2.45) is 0 Å². The van der Waals surface area contributed by atoms with Crippen molar-refractivity contribution in [3.8, 4) is 66.8 Å². The summed E-state index contributed by atoms with van der Waals surface area (Å²) in [4.78, 5) is 5.14. The Morgan fingerprint density at radius 3 is 0.735 bits per heavy atom. The van der Waals surface area contributed by atoms with E-state index in [0.29, 0.717) is 0 Å². The number of aryl methyl sites for hydroxylation is 4. The lowest BCUT2D eigenvalue weighted by molar-refractivity contribution is 1.23. The number of para-hydroxylation sites is 2. The van der Waals surface area contributed by atoms with Gasteiger partial charge in [0.05, 0.1) is 44.5 Å². The molecule has 0 atom stereocenters. The number of hydrogen-bond donors (Lipinski definition) is 0. The van der Waals surface area contributed by atoms with E-state index in [1.54, 1.807) is 0 Å². The van der Waals surface area contributed by atoms with Gasteiger partial charge < -0.3 is 18.6 Å². The third-order valence-corrected chi connectivity index (χ3v) is 20.8. The molecule has 0 unspecified atom stereocenters. The van der Waals surface area contributed by atoms with Crippen molar-refractivity contribution in [1.82, 2.24) is 8.80 Å². The summed E-state index contributed by atoms with van der Waals surface area (Å²) in [6.07, 6.45) is 0. The Morgan fingerprint density at radius 2 is 0.449 bits per heavy atom. The van der Waals surface area contributed by atoms with Gasteiger partial charge in [0.15, 0.2) is 0 Å². The summed E-state index contributed by atoms with van der Waals surface area (Å²) >= 11 is 0. The molecular weight excluding hydrogens is 1190 g/mol. The van der Waals surface area contributed by atoms with Crippen LogP contribution in [0.1, 0.15) is 22.3 Å². The van der Waals surface area contributed by atoms with Gasteiger partial charge in [-0.3, -0.25) is 0 Å². The van der Waals surface area contributed by atoms with Crippen LogP contribution in [0.3, 0.4) is 0 Å². The predicted molar refractivity (Wildman–Crippen MR) is 417 cm³/mol. The zero-order chi connectivity index (χ0) is 65.3. The zero-order valence-corrected chi connectivity index (χ0v) is 55.0. The lowest BCUT2D eigenvalue weighted by Crippen LogP contribution is -2.13. The second-order valence-corrected chi connectivity index (χ2v) is 26.5. The van der Waals surface area contributed by atoms with Crippen LogP contribution in [0.15, 0.2) is 328 Å². The highest BCUT2D eigenvalue weighted by atomic mass is 15.2. The van der Waals surface area contributed by atoms with Crippen LogP contribution < -0.4 is 9.80 Å². The van der Waals surface area contributed by atoms with Crippen LogP contribution in [-0.2, 0) is 0 Å². The molecule has 19 aromatic rings. The van der Waals surface area contributed by atoms with E-state index < -0.39 is 0 Å². The van der Waals surface area contributed by atoms with E-state index in [2.05, 4.69) is 374 Å². The third-order valence-electron chi connectivity index (χ3n) is 20.8. The Kier molecular flexibility index (Phi) is 13.1. The molecule has 0 saturated heterocycles. The summed E-state index contributed by atoms with van der Waals surface area (Å²) in [6.45, 7) is 9.06. The summed E-state index contributed by atoms with van der Waals surface area (Å²) in [5, 5.41) is 9.72. The van der Waals surface area contributed by atoms with Gasteiger partial charge in [-0.25, -0.2) is 0 Å². The van der Waals surface area contributed by atoms with Gasteiger partial charge in [0.2, 0.25) is 0 Å². The minimum Gasteiger partial charge on any atom is -0.309 e. The predicted octanol–water partition coefficient (Wildman–Crippen LogP) is 26.2. The van der Waals surface area contributed by atoms with E-state index in [1.807, 2.05) is 0 Å². The van der Waals surface area contributed by atoms with Gasteiger partial charge in [-0.2, -0.15) is 0 Å². The van der Waals surface area contributed by atoms with Crippen LogP contribution in [0, 0.1) is 27.7 Å². The first kappa shape index (κ1) is 57.0. The molecule has 0 aliphatic carbocycles. The Morgan fingerprint density at radius 1 is 0.194 bits per heavy atom. The highest BCUT2D eigenvalue weighted by Crippen LogP contribution is 2.57. The molecule has 0 radical (unpaired) electrons. The number of rotatable bonds is 12. The molecule has 0 aliphatic heterocycles. The second kappa shape index (κ2) is 22.6. The summed E-state index contributed by atoms with van der Waals surface area (Å²) in [5.74, 6) is 0. The molecule has 4 heterocycles. The van der Waals surface area contributed by atoms with Gasteiger partial charge in [-0.05, 0) is 154 Å². The number of benzene rings is 15. The van der Waals surface area contributed by atoms with E-state index in [-0.39, 0.29) is 0 Å². The van der Waals surface area contributed by atoms with Crippen LogP contribution in [0.5, 0.6) is 0 Å². The van der Waals surface area contributed by atoms with E-state index in [0.717, 1.165) is 45.2 Å². The molecule has 0 saturated carbocycles. The topological polar surface area (TPSA) is 15.3 Å².